The number of aryl methyl sites for hydroxylation is 1. The lowest BCUT2D eigenvalue weighted by Crippen LogP contribution is -2.38. The van der Waals surface area contributed by atoms with Gasteiger partial charge in [-0.2, -0.15) is 0 Å². The lowest BCUT2D eigenvalue weighted by atomic mass is 10.0. The highest BCUT2D eigenvalue weighted by molar-refractivity contribution is 5.93. The third kappa shape index (κ3) is 4.70. The quantitative estimate of drug-likeness (QED) is 0.502. The Kier molecular flexibility index (Phi) is 5.47. The van der Waals surface area contributed by atoms with Crippen molar-refractivity contribution in [1.29, 1.82) is 0 Å². The van der Waals surface area contributed by atoms with E-state index in [2.05, 4.69) is 10.3 Å². The van der Waals surface area contributed by atoms with Crippen molar-refractivity contribution in [2.45, 2.75) is 58.7 Å². The van der Waals surface area contributed by atoms with Crippen LogP contribution in [0.2, 0.25) is 0 Å². The predicted molar refractivity (Wildman–Crippen MR) is 112 cm³/mol. The van der Waals surface area contributed by atoms with Gasteiger partial charge in [0.25, 0.3) is 5.92 Å². The third-order valence-corrected chi connectivity index (χ3v) is 6.07. The fourth-order valence-corrected chi connectivity index (χ4v) is 3.99. The van der Waals surface area contributed by atoms with Crippen LogP contribution in [0.1, 0.15) is 55.0 Å². The average molecular weight is 431 g/mol. The van der Waals surface area contributed by atoms with Gasteiger partial charge < -0.3 is 19.9 Å². The molecule has 4 rings (SSSR count). The summed E-state index contributed by atoms with van der Waals surface area (Å²) in [7, 11) is 0. The van der Waals surface area contributed by atoms with E-state index < -0.39 is 17.2 Å². The van der Waals surface area contributed by atoms with Crippen LogP contribution in [0.25, 0.3) is 0 Å². The number of quaternary nitrogens is 1. The molecule has 2 heterocycles. The van der Waals surface area contributed by atoms with Crippen LogP contribution in [-0.4, -0.2) is 28.1 Å². The molecule has 1 N–H and O–H groups in total. The molecule has 1 amide bonds. The minimum Gasteiger partial charge on any atom is -0.632 e. The summed E-state index contributed by atoms with van der Waals surface area (Å²) < 4.78 is 30.9. The number of carbonyl (C=O) groups excluding carboxylic acids is 1. The first-order valence-corrected chi connectivity index (χ1v) is 10.5. The van der Waals surface area contributed by atoms with Gasteiger partial charge in [0.05, 0.1) is 5.56 Å². The maximum absolute atomic E-state index is 13.8. The SMILES string of the molecule is Cc1cc(C(C)[N+]2([O-])Cc3ccnc(NC(=O)C4CC4)c3C2)ccc1OCC(C)(F)F. The van der Waals surface area contributed by atoms with E-state index in [1.807, 2.05) is 19.1 Å². The van der Waals surface area contributed by atoms with Crippen LogP contribution in [0.4, 0.5) is 14.6 Å². The van der Waals surface area contributed by atoms with Crippen molar-refractivity contribution in [2.75, 3.05) is 11.9 Å². The Balaban J connectivity index is 1.51. The number of nitrogens with one attached hydrogen (secondary N) is 1. The first kappa shape index (κ1) is 21.6. The maximum atomic E-state index is 13.8. The number of benzene rings is 1. The van der Waals surface area contributed by atoms with Gasteiger partial charge in [-0.3, -0.25) is 4.79 Å². The zero-order chi connectivity index (χ0) is 22.4. The molecule has 166 valence electrons. The Bertz CT molecular complexity index is 1000. The van der Waals surface area contributed by atoms with Crippen LogP contribution in [0.15, 0.2) is 30.5 Å². The molecule has 2 aromatic rings. The molecule has 6 nitrogen and oxygen atoms in total. The summed E-state index contributed by atoms with van der Waals surface area (Å²) in [6.07, 6.45) is 3.42. The molecule has 2 unspecified atom stereocenters. The summed E-state index contributed by atoms with van der Waals surface area (Å²) >= 11 is 0. The van der Waals surface area contributed by atoms with Crippen molar-refractivity contribution < 1.29 is 23.0 Å². The molecule has 0 saturated heterocycles. The number of amides is 1. The first-order chi connectivity index (χ1) is 14.6. The standard InChI is InChI=1S/C23H27F2N3O3/c1-14-10-17(6-7-20(14)31-13-23(3,24)25)15(2)28(30)11-18-8-9-26-21(19(18)12-28)27-22(29)16-4-5-16/h6-10,15-16H,4-5,11-13H2,1-3H3,(H,26,27,29). The third-order valence-electron chi connectivity index (χ3n) is 6.07. The lowest BCUT2D eigenvalue weighted by molar-refractivity contribution is -0.928. The molecule has 0 spiro atoms. The summed E-state index contributed by atoms with van der Waals surface area (Å²) in [5.41, 5.74) is 3.20. The van der Waals surface area contributed by atoms with Gasteiger partial charge in [-0.15, -0.1) is 0 Å². The Morgan fingerprint density at radius 2 is 2.10 bits per heavy atom. The number of carbonyl (C=O) groups is 1. The highest BCUT2D eigenvalue weighted by Crippen LogP contribution is 2.41. The lowest BCUT2D eigenvalue weighted by Gasteiger charge is -2.44. The fourth-order valence-electron chi connectivity index (χ4n) is 3.99. The van der Waals surface area contributed by atoms with Crippen LogP contribution in [-0.2, 0) is 17.9 Å². The Hall–Kier alpha value is -2.58. The molecular formula is C23H27F2N3O3. The molecule has 1 aromatic heterocycles. The van der Waals surface area contributed by atoms with Gasteiger partial charge in [0.2, 0.25) is 5.91 Å². The van der Waals surface area contributed by atoms with Gasteiger partial charge in [-0.05, 0) is 56.5 Å². The minimum atomic E-state index is -2.91. The van der Waals surface area contributed by atoms with Crippen LogP contribution in [0.5, 0.6) is 5.75 Å². The maximum Gasteiger partial charge on any atom is 0.278 e. The van der Waals surface area contributed by atoms with Crippen molar-refractivity contribution in [1.82, 2.24) is 4.98 Å². The second-order valence-corrected chi connectivity index (χ2v) is 8.89. The number of hydroxylamine groups is 3. The van der Waals surface area contributed by atoms with E-state index in [4.69, 9.17) is 4.74 Å². The zero-order valence-electron chi connectivity index (χ0n) is 18.0. The van der Waals surface area contributed by atoms with Crippen molar-refractivity contribution in [3.8, 4) is 5.75 Å². The normalized spacial score (nSPS) is 21.5. The Morgan fingerprint density at radius 3 is 2.74 bits per heavy atom. The summed E-state index contributed by atoms with van der Waals surface area (Å²) in [5, 5.41) is 16.7. The largest absolute Gasteiger partial charge is 0.632 e. The number of anilines is 1. The number of hydrogen-bond donors (Lipinski definition) is 1. The van der Waals surface area contributed by atoms with Gasteiger partial charge in [0.15, 0.2) is 6.61 Å². The van der Waals surface area contributed by atoms with E-state index in [-0.39, 0.29) is 31.0 Å². The topological polar surface area (TPSA) is 74.3 Å². The summed E-state index contributed by atoms with van der Waals surface area (Å²) in [5.74, 6) is -2.02. The van der Waals surface area contributed by atoms with E-state index >= 15 is 0 Å². The second kappa shape index (κ2) is 7.84. The molecule has 1 saturated carbocycles. The van der Waals surface area contributed by atoms with Gasteiger partial charge in [0, 0.05) is 30.2 Å². The molecule has 2 aliphatic rings. The molecule has 1 aromatic carbocycles. The van der Waals surface area contributed by atoms with Gasteiger partial charge >= 0.3 is 0 Å². The molecule has 8 heteroatoms. The highest BCUT2D eigenvalue weighted by atomic mass is 19.3. The van der Waals surface area contributed by atoms with Crippen molar-refractivity contribution in [2.24, 2.45) is 5.92 Å². The molecule has 31 heavy (non-hydrogen) atoms. The number of nitrogens with zero attached hydrogens (tertiary/aromatic N) is 2. The summed E-state index contributed by atoms with van der Waals surface area (Å²) in [4.78, 5) is 16.5. The number of pyridine rings is 1. The van der Waals surface area contributed by atoms with E-state index in [1.165, 1.54) is 0 Å². The molecule has 2 atom stereocenters. The molecule has 1 fully saturated rings. The zero-order valence-corrected chi connectivity index (χ0v) is 18.0. The number of alkyl halides is 2. The Morgan fingerprint density at radius 1 is 1.35 bits per heavy atom. The van der Waals surface area contributed by atoms with Crippen molar-refractivity contribution in [3.05, 3.63) is 57.9 Å². The Labute approximate surface area is 180 Å². The molecule has 0 radical (unpaired) electrons. The first-order valence-electron chi connectivity index (χ1n) is 10.5. The van der Waals surface area contributed by atoms with Crippen LogP contribution < -0.4 is 10.1 Å². The fraction of sp³-hybridized carbons (Fsp3) is 0.478. The summed E-state index contributed by atoms with van der Waals surface area (Å²) in [6, 6.07) is 6.67. The van der Waals surface area contributed by atoms with Gasteiger partial charge in [-0.1, -0.05) is 0 Å². The van der Waals surface area contributed by atoms with Crippen LogP contribution in [0, 0.1) is 18.0 Å². The summed E-state index contributed by atoms with van der Waals surface area (Å²) in [6.45, 7) is 4.26. The number of ether oxygens (including phenoxy) is 1. The number of rotatable bonds is 7. The average Bonchev–Trinajstić information content (AvgIpc) is 3.48. The van der Waals surface area contributed by atoms with Gasteiger partial charge in [-0.25, -0.2) is 13.8 Å². The number of hydrogen-bond acceptors (Lipinski definition) is 4. The highest BCUT2D eigenvalue weighted by Gasteiger charge is 2.38. The monoisotopic (exact) mass is 431 g/mol. The van der Waals surface area contributed by atoms with Crippen LogP contribution >= 0.6 is 0 Å². The molecular weight excluding hydrogens is 404 g/mol. The smallest absolute Gasteiger partial charge is 0.278 e. The van der Waals surface area contributed by atoms with Crippen molar-refractivity contribution in [3.63, 3.8) is 0 Å². The van der Waals surface area contributed by atoms with E-state index in [9.17, 15) is 18.8 Å². The minimum absolute atomic E-state index is 0.0336. The van der Waals surface area contributed by atoms with E-state index in [0.717, 1.165) is 36.5 Å². The molecule has 1 aliphatic carbocycles. The van der Waals surface area contributed by atoms with Gasteiger partial charge in [0.1, 0.15) is 30.7 Å². The van der Waals surface area contributed by atoms with E-state index in [1.54, 1.807) is 25.3 Å². The van der Waals surface area contributed by atoms with Crippen LogP contribution in [0.3, 0.4) is 0 Å². The van der Waals surface area contributed by atoms with E-state index in [0.29, 0.717) is 17.1 Å². The number of fused-ring (bicyclic) bond motifs is 1. The number of aromatic nitrogens is 1. The second-order valence-electron chi connectivity index (χ2n) is 8.89. The predicted octanol–water partition coefficient (Wildman–Crippen LogP) is 4.86. The number of halogens is 2. The molecule has 1 aliphatic heterocycles. The van der Waals surface area contributed by atoms with Crippen molar-refractivity contribution >= 4 is 11.7 Å². The molecule has 0 bridgehead atoms.